The van der Waals surface area contributed by atoms with E-state index in [1.165, 1.54) is 44.1 Å². The highest BCUT2D eigenvalue weighted by Gasteiger charge is 2.14. The number of unbranched alkanes of at least 4 members (excludes halogenated alkanes) is 2. The lowest BCUT2D eigenvalue weighted by Gasteiger charge is -2.19. The lowest BCUT2D eigenvalue weighted by Crippen LogP contribution is -2.02. The number of hydrogen-bond acceptors (Lipinski definition) is 1. The molecule has 0 aliphatic carbocycles. The van der Waals surface area contributed by atoms with Crippen LogP contribution in [0.1, 0.15) is 63.9 Å². The summed E-state index contributed by atoms with van der Waals surface area (Å²) in [6, 6.07) is 8.59. The van der Waals surface area contributed by atoms with Crippen LogP contribution in [-0.4, -0.2) is 10.5 Å². The summed E-state index contributed by atoms with van der Waals surface area (Å²) in [6.07, 6.45) is 7.82. The van der Waals surface area contributed by atoms with Gasteiger partial charge in [0.2, 0.25) is 10.5 Å². The standard InChI is InChI=1S/C15H26OSi/c1-3-5-9-13(10-6-4-2)14-11-7-8-12-15(14)16-17/h7-8,11-13H,3-6,9-10H2,1-2,17H3. The number of hydrogen-bond donors (Lipinski definition) is 0. The van der Waals surface area contributed by atoms with Crippen LogP contribution in [-0.2, 0) is 0 Å². The molecule has 0 amide bonds. The van der Waals surface area contributed by atoms with Gasteiger partial charge in [0.1, 0.15) is 5.75 Å². The van der Waals surface area contributed by atoms with Crippen molar-refractivity contribution >= 4 is 10.5 Å². The molecule has 0 radical (unpaired) electrons. The van der Waals surface area contributed by atoms with Gasteiger partial charge in [0.25, 0.3) is 0 Å². The minimum absolute atomic E-state index is 0.694. The first-order valence-electron chi connectivity index (χ1n) is 6.96. The third kappa shape index (κ3) is 4.54. The van der Waals surface area contributed by atoms with Crippen molar-refractivity contribution in [2.75, 3.05) is 0 Å². The molecule has 0 bridgehead atoms. The van der Waals surface area contributed by atoms with Crippen molar-refractivity contribution in [2.45, 2.75) is 58.3 Å². The van der Waals surface area contributed by atoms with E-state index in [2.05, 4.69) is 38.1 Å². The zero-order chi connectivity index (χ0) is 12.5. The van der Waals surface area contributed by atoms with Crippen molar-refractivity contribution in [1.29, 1.82) is 0 Å². The topological polar surface area (TPSA) is 9.23 Å². The van der Waals surface area contributed by atoms with E-state index in [4.69, 9.17) is 4.43 Å². The van der Waals surface area contributed by atoms with Crippen molar-refractivity contribution < 1.29 is 4.43 Å². The Hall–Kier alpha value is -0.763. The second-order valence-corrected chi connectivity index (χ2v) is 5.13. The average Bonchev–Trinajstić information content (AvgIpc) is 2.39. The van der Waals surface area contributed by atoms with Crippen LogP contribution >= 0.6 is 0 Å². The van der Waals surface area contributed by atoms with Gasteiger partial charge in [0.05, 0.1) is 0 Å². The van der Waals surface area contributed by atoms with Gasteiger partial charge in [-0.05, 0) is 30.4 Å². The van der Waals surface area contributed by atoms with Crippen LogP contribution < -0.4 is 4.43 Å². The molecule has 0 spiro atoms. The highest BCUT2D eigenvalue weighted by molar-refractivity contribution is 6.00. The van der Waals surface area contributed by atoms with E-state index < -0.39 is 0 Å². The summed E-state index contributed by atoms with van der Waals surface area (Å²) in [6.45, 7) is 4.54. The number of benzene rings is 1. The fourth-order valence-corrected chi connectivity index (χ4v) is 2.73. The predicted molar refractivity (Wildman–Crippen MR) is 78.8 cm³/mol. The van der Waals surface area contributed by atoms with Crippen LogP contribution in [0.5, 0.6) is 5.75 Å². The predicted octanol–water partition coefficient (Wildman–Crippen LogP) is 3.81. The third-order valence-corrected chi connectivity index (χ3v) is 3.83. The number of rotatable bonds is 8. The van der Waals surface area contributed by atoms with Crippen molar-refractivity contribution in [1.82, 2.24) is 0 Å². The van der Waals surface area contributed by atoms with E-state index in [1.54, 1.807) is 0 Å². The highest BCUT2D eigenvalue weighted by atomic mass is 28.2. The van der Waals surface area contributed by atoms with E-state index in [1.807, 2.05) is 0 Å². The molecule has 0 aromatic heterocycles. The lowest BCUT2D eigenvalue weighted by atomic mass is 9.88. The van der Waals surface area contributed by atoms with E-state index in [0.29, 0.717) is 5.92 Å². The molecular weight excluding hydrogens is 224 g/mol. The molecule has 0 aliphatic rings. The smallest absolute Gasteiger partial charge is 0.204 e. The lowest BCUT2D eigenvalue weighted by molar-refractivity contribution is 0.505. The van der Waals surface area contributed by atoms with Crippen LogP contribution in [0, 0.1) is 0 Å². The fraction of sp³-hybridized carbons (Fsp3) is 0.600. The van der Waals surface area contributed by atoms with Crippen LogP contribution in [0.4, 0.5) is 0 Å². The molecule has 1 aromatic rings. The maximum atomic E-state index is 5.63. The molecule has 0 fully saturated rings. The van der Waals surface area contributed by atoms with Gasteiger partial charge in [-0.3, -0.25) is 0 Å². The summed E-state index contributed by atoms with van der Waals surface area (Å²) in [7, 11) is 0.781. The first-order valence-corrected chi connectivity index (χ1v) is 7.78. The maximum absolute atomic E-state index is 5.63. The first-order chi connectivity index (χ1) is 8.33. The Bertz CT molecular complexity index is 304. The maximum Gasteiger partial charge on any atom is 0.204 e. The fourth-order valence-electron chi connectivity index (χ4n) is 2.36. The summed E-state index contributed by atoms with van der Waals surface area (Å²) in [5.74, 6) is 1.82. The van der Waals surface area contributed by atoms with Crippen LogP contribution in [0.2, 0.25) is 0 Å². The van der Waals surface area contributed by atoms with Crippen molar-refractivity contribution in [3.05, 3.63) is 29.8 Å². The van der Waals surface area contributed by atoms with Crippen LogP contribution in [0.15, 0.2) is 24.3 Å². The molecule has 1 rings (SSSR count). The van der Waals surface area contributed by atoms with Crippen molar-refractivity contribution in [2.24, 2.45) is 0 Å². The minimum atomic E-state index is 0.694. The van der Waals surface area contributed by atoms with Crippen molar-refractivity contribution in [3.63, 3.8) is 0 Å². The summed E-state index contributed by atoms with van der Waals surface area (Å²) in [4.78, 5) is 0. The molecule has 0 heterocycles. The summed E-state index contributed by atoms with van der Waals surface area (Å²) < 4.78 is 5.63. The molecule has 2 heteroatoms. The van der Waals surface area contributed by atoms with E-state index >= 15 is 0 Å². The zero-order valence-electron chi connectivity index (χ0n) is 11.5. The van der Waals surface area contributed by atoms with Crippen molar-refractivity contribution in [3.8, 4) is 5.75 Å². The van der Waals surface area contributed by atoms with Gasteiger partial charge in [0.15, 0.2) is 0 Å². The Morgan fingerprint density at radius 3 is 2.18 bits per heavy atom. The Morgan fingerprint density at radius 2 is 1.65 bits per heavy atom. The van der Waals surface area contributed by atoms with Crippen LogP contribution in [0.25, 0.3) is 0 Å². The number of para-hydroxylation sites is 1. The quantitative estimate of drug-likeness (QED) is 0.638. The summed E-state index contributed by atoms with van der Waals surface area (Å²) in [5.41, 5.74) is 1.43. The molecule has 1 nitrogen and oxygen atoms in total. The molecule has 0 saturated heterocycles. The van der Waals surface area contributed by atoms with E-state index in [0.717, 1.165) is 16.2 Å². The average molecular weight is 250 g/mol. The van der Waals surface area contributed by atoms with E-state index in [-0.39, 0.29) is 0 Å². The Balaban J connectivity index is 2.78. The molecule has 1 aromatic carbocycles. The van der Waals surface area contributed by atoms with Gasteiger partial charge in [-0.2, -0.15) is 0 Å². The van der Waals surface area contributed by atoms with Gasteiger partial charge in [-0.1, -0.05) is 57.7 Å². The largest absolute Gasteiger partial charge is 0.553 e. The molecule has 17 heavy (non-hydrogen) atoms. The second kappa shape index (κ2) is 8.35. The van der Waals surface area contributed by atoms with Crippen LogP contribution in [0.3, 0.4) is 0 Å². The SMILES string of the molecule is CCCCC(CCCC)c1ccccc1O[SiH3]. The summed E-state index contributed by atoms with van der Waals surface area (Å²) in [5, 5.41) is 0. The zero-order valence-corrected chi connectivity index (χ0v) is 13.5. The molecule has 0 N–H and O–H groups in total. The van der Waals surface area contributed by atoms with Gasteiger partial charge >= 0.3 is 0 Å². The van der Waals surface area contributed by atoms with Gasteiger partial charge < -0.3 is 4.43 Å². The highest BCUT2D eigenvalue weighted by Crippen LogP contribution is 2.33. The normalized spacial score (nSPS) is 11.0. The second-order valence-electron chi connectivity index (χ2n) is 4.72. The molecule has 0 unspecified atom stereocenters. The molecule has 0 saturated carbocycles. The Labute approximate surface area is 109 Å². The van der Waals surface area contributed by atoms with Gasteiger partial charge in [0, 0.05) is 0 Å². The first kappa shape index (κ1) is 14.3. The summed E-state index contributed by atoms with van der Waals surface area (Å²) >= 11 is 0. The Morgan fingerprint density at radius 1 is 1.06 bits per heavy atom. The minimum Gasteiger partial charge on any atom is -0.553 e. The van der Waals surface area contributed by atoms with E-state index in [9.17, 15) is 0 Å². The third-order valence-electron chi connectivity index (χ3n) is 3.39. The molecule has 0 aliphatic heterocycles. The van der Waals surface area contributed by atoms with Gasteiger partial charge in [-0.15, -0.1) is 0 Å². The monoisotopic (exact) mass is 250 g/mol. The van der Waals surface area contributed by atoms with Gasteiger partial charge in [-0.25, -0.2) is 0 Å². The molecular formula is C15H26OSi. The molecule has 96 valence electrons. The Kier molecular flexibility index (Phi) is 7.02. The molecule has 0 atom stereocenters.